The molecule has 3 rings (SSSR count). The zero-order chi connectivity index (χ0) is 14.2. The average molecular weight is 288 g/mol. The van der Waals surface area contributed by atoms with Gasteiger partial charge in [0.2, 0.25) is 0 Å². The third-order valence-electron chi connectivity index (χ3n) is 2.84. The standard InChI is InChI=1S/C13H12N4O2S/c1-9-8-13(16-15-9)17-20(18,19)12-6-2-5-11-10(12)4-3-7-14-11/h2-8H,1H3,(H2,15,16,17). The molecule has 0 atom stereocenters. The molecule has 2 heterocycles. The van der Waals surface area contributed by atoms with E-state index >= 15 is 0 Å². The van der Waals surface area contributed by atoms with Crippen molar-refractivity contribution in [2.24, 2.45) is 0 Å². The summed E-state index contributed by atoms with van der Waals surface area (Å²) in [6, 6.07) is 10.0. The lowest BCUT2D eigenvalue weighted by Crippen LogP contribution is -2.13. The van der Waals surface area contributed by atoms with Gasteiger partial charge < -0.3 is 0 Å². The number of sulfonamides is 1. The predicted octanol–water partition coefficient (Wildman–Crippen LogP) is 2.07. The van der Waals surface area contributed by atoms with E-state index in [0.29, 0.717) is 10.9 Å². The normalized spacial score (nSPS) is 11.7. The number of anilines is 1. The van der Waals surface area contributed by atoms with E-state index in [1.165, 1.54) is 0 Å². The number of aryl methyl sites for hydroxylation is 1. The van der Waals surface area contributed by atoms with Gasteiger partial charge in [0.1, 0.15) is 0 Å². The molecule has 102 valence electrons. The molecule has 0 saturated carbocycles. The van der Waals surface area contributed by atoms with E-state index in [-0.39, 0.29) is 10.7 Å². The maximum atomic E-state index is 12.4. The lowest BCUT2D eigenvalue weighted by Gasteiger charge is -2.08. The Morgan fingerprint density at radius 2 is 2.05 bits per heavy atom. The van der Waals surface area contributed by atoms with Crippen LogP contribution in [0.25, 0.3) is 10.9 Å². The quantitative estimate of drug-likeness (QED) is 0.772. The number of aromatic amines is 1. The highest BCUT2D eigenvalue weighted by Gasteiger charge is 2.18. The van der Waals surface area contributed by atoms with Gasteiger partial charge in [-0.15, -0.1) is 0 Å². The molecule has 0 fully saturated rings. The average Bonchev–Trinajstić information content (AvgIpc) is 2.82. The number of fused-ring (bicyclic) bond motifs is 1. The fourth-order valence-corrected chi connectivity index (χ4v) is 3.18. The van der Waals surface area contributed by atoms with Gasteiger partial charge >= 0.3 is 0 Å². The molecule has 1 aromatic carbocycles. The van der Waals surface area contributed by atoms with Crippen LogP contribution in [0, 0.1) is 6.92 Å². The van der Waals surface area contributed by atoms with Crippen molar-refractivity contribution in [2.75, 3.05) is 4.72 Å². The smallest absolute Gasteiger partial charge is 0.263 e. The maximum Gasteiger partial charge on any atom is 0.263 e. The van der Waals surface area contributed by atoms with Crippen LogP contribution >= 0.6 is 0 Å². The van der Waals surface area contributed by atoms with Crippen LogP contribution in [0.3, 0.4) is 0 Å². The lowest BCUT2D eigenvalue weighted by molar-refractivity contribution is 0.602. The maximum absolute atomic E-state index is 12.4. The van der Waals surface area contributed by atoms with Crippen LogP contribution in [0.4, 0.5) is 5.82 Å². The Kier molecular flexibility index (Phi) is 2.90. The second kappa shape index (κ2) is 4.61. The highest BCUT2D eigenvalue weighted by Crippen LogP contribution is 2.23. The van der Waals surface area contributed by atoms with Gasteiger partial charge in [0.05, 0.1) is 10.4 Å². The van der Waals surface area contributed by atoms with E-state index in [2.05, 4.69) is 19.9 Å². The summed E-state index contributed by atoms with van der Waals surface area (Å²) >= 11 is 0. The van der Waals surface area contributed by atoms with E-state index in [4.69, 9.17) is 0 Å². The predicted molar refractivity (Wildman–Crippen MR) is 75.9 cm³/mol. The second-order valence-electron chi connectivity index (χ2n) is 4.37. The number of hydrogen-bond donors (Lipinski definition) is 2. The van der Waals surface area contributed by atoms with Crippen molar-refractivity contribution in [3.8, 4) is 0 Å². The number of pyridine rings is 1. The third kappa shape index (κ3) is 2.23. The van der Waals surface area contributed by atoms with Crippen LogP contribution in [0.15, 0.2) is 47.5 Å². The SMILES string of the molecule is Cc1cc(NS(=O)(=O)c2cccc3ncccc23)n[nH]1. The van der Waals surface area contributed by atoms with Gasteiger partial charge in [-0.05, 0) is 31.2 Å². The Morgan fingerprint density at radius 3 is 2.80 bits per heavy atom. The first kappa shape index (κ1) is 12.6. The fourth-order valence-electron chi connectivity index (χ4n) is 1.97. The van der Waals surface area contributed by atoms with Crippen molar-refractivity contribution >= 4 is 26.7 Å². The van der Waals surface area contributed by atoms with E-state index < -0.39 is 10.0 Å². The molecule has 0 amide bonds. The Balaban J connectivity index is 2.09. The van der Waals surface area contributed by atoms with E-state index in [1.54, 1.807) is 49.5 Å². The van der Waals surface area contributed by atoms with Gasteiger partial charge in [0.25, 0.3) is 10.0 Å². The van der Waals surface area contributed by atoms with Gasteiger partial charge in [-0.25, -0.2) is 8.42 Å². The zero-order valence-corrected chi connectivity index (χ0v) is 11.5. The number of nitrogens with zero attached hydrogens (tertiary/aromatic N) is 2. The molecule has 7 heteroatoms. The van der Waals surface area contributed by atoms with E-state index in [0.717, 1.165) is 5.69 Å². The molecule has 0 aliphatic carbocycles. The summed E-state index contributed by atoms with van der Waals surface area (Å²) in [4.78, 5) is 4.34. The number of H-pyrrole nitrogens is 1. The van der Waals surface area contributed by atoms with Crippen molar-refractivity contribution in [1.82, 2.24) is 15.2 Å². The fraction of sp³-hybridized carbons (Fsp3) is 0.0769. The zero-order valence-electron chi connectivity index (χ0n) is 10.7. The number of rotatable bonds is 3. The molecule has 20 heavy (non-hydrogen) atoms. The summed E-state index contributed by atoms with van der Waals surface area (Å²) in [6.07, 6.45) is 1.63. The number of nitrogens with one attached hydrogen (secondary N) is 2. The van der Waals surface area contributed by atoms with Crippen LogP contribution in [-0.4, -0.2) is 23.6 Å². The number of aromatic nitrogens is 3. The molecule has 0 saturated heterocycles. The first-order valence-corrected chi connectivity index (χ1v) is 7.43. The Morgan fingerprint density at radius 1 is 1.20 bits per heavy atom. The minimum Gasteiger partial charge on any atom is -0.281 e. The van der Waals surface area contributed by atoms with Crippen molar-refractivity contribution in [2.45, 2.75) is 11.8 Å². The van der Waals surface area contributed by atoms with Crippen LogP contribution in [0.5, 0.6) is 0 Å². The van der Waals surface area contributed by atoms with Crippen molar-refractivity contribution in [1.29, 1.82) is 0 Å². The first-order chi connectivity index (χ1) is 9.56. The minimum atomic E-state index is -3.70. The summed E-state index contributed by atoms with van der Waals surface area (Å²) in [7, 11) is -3.70. The molecule has 6 nitrogen and oxygen atoms in total. The Hall–Kier alpha value is -2.41. The van der Waals surface area contributed by atoms with E-state index in [9.17, 15) is 8.42 Å². The van der Waals surface area contributed by atoms with Crippen LogP contribution in [-0.2, 0) is 10.0 Å². The van der Waals surface area contributed by atoms with Gasteiger partial charge in [-0.2, -0.15) is 5.10 Å². The summed E-state index contributed by atoms with van der Waals surface area (Å²) in [5.74, 6) is 0.267. The third-order valence-corrected chi connectivity index (χ3v) is 4.25. The lowest BCUT2D eigenvalue weighted by atomic mass is 10.2. The van der Waals surface area contributed by atoms with Crippen LogP contribution in [0.2, 0.25) is 0 Å². The largest absolute Gasteiger partial charge is 0.281 e. The molecule has 0 radical (unpaired) electrons. The van der Waals surface area contributed by atoms with Gasteiger partial charge in [0, 0.05) is 23.3 Å². The molecular formula is C13H12N4O2S. The second-order valence-corrected chi connectivity index (χ2v) is 6.02. The van der Waals surface area contributed by atoms with Crippen LogP contribution < -0.4 is 4.72 Å². The number of hydrogen-bond acceptors (Lipinski definition) is 4. The van der Waals surface area contributed by atoms with E-state index in [1.807, 2.05) is 0 Å². The summed E-state index contributed by atoms with van der Waals surface area (Å²) in [5, 5.41) is 7.14. The van der Waals surface area contributed by atoms with Crippen molar-refractivity contribution < 1.29 is 8.42 Å². The minimum absolute atomic E-state index is 0.184. The highest BCUT2D eigenvalue weighted by molar-refractivity contribution is 7.93. The van der Waals surface area contributed by atoms with Gasteiger partial charge in [-0.3, -0.25) is 14.8 Å². The molecule has 0 spiro atoms. The number of benzene rings is 1. The summed E-state index contributed by atoms with van der Waals surface area (Å²) in [6.45, 7) is 1.80. The first-order valence-electron chi connectivity index (χ1n) is 5.95. The molecule has 0 aliphatic heterocycles. The molecule has 2 N–H and O–H groups in total. The molecule has 0 aliphatic rings. The highest BCUT2D eigenvalue weighted by atomic mass is 32.2. The molecule has 0 bridgehead atoms. The molecule has 2 aromatic heterocycles. The van der Waals surface area contributed by atoms with Crippen LogP contribution in [0.1, 0.15) is 5.69 Å². The molecule has 3 aromatic rings. The monoisotopic (exact) mass is 288 g/mol. The van der Waals surface area contributed by atoms with Gasteiger partial charge in [-0.1, -0.05) is 6.07 Å². The van der Waals surface area contributed by atoms with Gasteiger partial charge in [0.15, 0.2) is 5.82 Å². The van der Waals surface area contributed by atoms with Crippen molar-refractivity contribution in [3.63, 3.8) is 0 Å². The Labute approximate surface area is 115 Å². The van der Waals surface area contributed by atoms with Crippen molar-refractivity contribution in [3.05, 3.63) is 48.3 Å². The Bertz CT molecular complexity index is 865. The molecule has 0 unspecified atom stereocenters. The topological polar surface area (TPSA) is 87.7 Å². The summed E-state index contributed by atoms with van der Waals surface area (Å²) < 4.78 is 27.3. The molecular weight excluding hydrogens is 276 g/mol. The summed E-state index contributed by atoms with van der Waals surface area (Å²) in [5.41, 5.74) is 1.41.